The Morgan fingerprint density at radius 1 is 1.04 bits per heavy atom. The highest BCUT2D eigenvalue weighted by atomic mass is 32.2. The van der Waals surface area contributed by atoms with Gasteiger partial charge in [0.1, 0.15) is 5.78 Å². The summed E-state index contributed by atoms with van der Waals surface area (Å²) in [5, 5.41) is 10.3. The number of fused-ring (bicyclic) bond motifs is 5. The van der Waals surface area contributed by atoms with E-state index in [0.29, 0.717) is 23.5 Å². The molecular formula is C20H32O3S. The fourth-order valence-corrected chi connectivity index (χ4v) is 9.82. The molecule has 136 valence electrons. The molecule has 0 bridgehead atoms. The first-order chi connectivity index (χ1) is 11.3. The highest BCUT2D eigenvalue weighted by Gasteiger charge is 2.62. The van der Waals surface area contributed by atoms with Crippen molar-refractivity contribution < 1.29 is 14.1 Å². The summed E-state index contributed by atoms with van der Waals surface area (Å²) in [7, 11) is -0.830. The third kappa shape index (κ3) is 2.24. The molecule has 3 saturated carbocycles. The van der Waals surface area contributed by atoms with Gasteiger partial charge in [-0.25, -0.2) is 0 Å². The Balaban J connectivity index is 1.67. The van der Waals surface area contributed by atoms with Crippen LogP contribution in [0, 0.1) is 34.5 Å². The van der Waals surface area contributed by atoms with E-state index in [9.17, 15) is 14.1 Å². The fourth-order valence-electron chi connectivity index (χ4n) is 7.42. The normalized spacial score (nSPS) is 56.9. The maximum atomic E-state index is 13.1. The number of carbonyl (C=O) groups excluding carboxylic acids is 1. The molecule has 3 nitrogen and oxygen atoms in total. The zero-order valence-electron chi connectivity index (χ0n) is 15.3. The van der Waals surface area contributed by atoms with Crippen LogP contribution in [-0.4, -0.2) is 32.2 Å². The summed E-state index contributed by atoms with van der Waals surface area (Å²) in [4.78, 5) is 12.2. The third-order valence-corrected chi connectivity index (χ3v) is 10.8. The average molecular weight is 353 g/mol. The summed E-state index contributed by atoms with van der Waals surface area (Å²) >= 11 is 0. The molecule has 9 atom stereocenters. The molecule has 4 heteroatoms. The summed E-state index contributed by atoms with van der Waals surface area (Å²) < 4.78 is 13.1. The molecule has 0 aromatic carbocycles. The molecule has 0 aromatic heterocycles. The number of Topliss-reactive ketones (excluding diaryl/α,β-unsaturated/α-hetero) is 1. The van der Waals surface area contributed by atoms with Crippen LogP contribution >= 0.6 is 0 Å². The van der Waals surface area contributed by atoms with E-state index in [-0.39, 0.29) is 28.1 Å². The van der Waals surface area contributed by atoms with E-state index in [1.165, 1.54) is 6.42 Å². The van der Waals surface area contributed by atoms with E-state index < -0.39 is 10.8 Å². The zero-order chi connectivity index (χ0) is 17.3. The van der Waals surface area contributed by atoms with Crippen molar-refractivity contribution in [3.8, 4) is 0 Å². The Morgan fingerprint density at radius 2 is 1.71 bits per heavy atom. The van der Waals surface area contributed by atoms with E-state index in [4.69, 9.17) is 0 Å². The van der Waals surface area contributed by atoms with Crippen molar-refractivity contribution in [2.75, 3.05) is 5.75 Å². The Kier molecular flexibility index (Phi) is 4.04. The van der Waals surface area contributed by atoms with Crippen LogP contribution in [0.2, 0.25) is 0 Å². The van der Waals surface area contributed by atoms with E-state index in [1.54, 1.807) is 6.92 Å². The van der Waals surface area contributed by atoms with Gasteiger partial charge in [0, 0.05) is 27.7 Å². The standard InChI is InChI=1S/C20H32O3S/c1-12(21)15-4-5-16-14-11-24(23)18-10-13(22)6-8-20(18,3)17(14)7-9-19(15,16)2/h13-18,22H,4-11H2,1-3H3/t13-,14+,15-,16+,17+,18+,19-,20-,24?/m1/s1. The van der Waals surface area contributed by atoms with E-state index in [1.807, 2.05) is 0 Å². The largest absolute Gasteiger partial charge is 0.393 e. The number of aliphatic hydroxyl groups is 1. The fraction of sp³-hybridized carbons (Fsp3) is 0.950. The zero-order valence-corrected chi connectivity index (χ0v) is 16.1. The second kappa shape index (κ2) is 5.64. The summed E-state index contributed by atoms with van der Waals surface area (Å²) in [6.07, 6.45) is 6.86. The summed E-state index contributed by atoms with van der Waals surface area (Å²) in [6.45, 7) is 6.47. The van der Waals surface area contributed by atoms with Crippen LogP contribution in [0.4, 0.5) is 0 Å². The topological polar surface area (TPSA) is 54.4 Å². The minimum Gasteiger partial charge on any atom is -0.393 e. The summed E-state index contributed by atoms with van der Waals surface area (Å²) in [6, 6.07) is 0. The van der Waals surface area contributed by atoms with Crippen LogP contribution < -0.4 is 0 Å². The molecule has 0 spiro atoms. The molecular weight excluding hydrogens is 320 g/mol. The van der Waals surface area contributed by atoms with Gasteiger partial charge in [-0.2, -0.15) is 0 Å². The molecule has 1 aliphatic heterocycles. The molecule has 0 amide bonds. The molecule has 0 aromatic rings. The van der Waals surface area contributed by atoms with E-state index in [0.717, 1.165) is 44.3 Å². The molecule has 3 aliphatic carbocycles. The SMILES string of the molecule is CC(=O)[C@H]1CC[C@H]2[C@@H]3CS(=O)[C@H]4C[C@H](O)CC[C@]4(C)[C@H]3CC[C@]12C. The van der Waals surface area contributed by atoms with Gasteiger partial charge in [0.05, 0.1) is 6.10 Å². The van der Waals surface area contributed by atoms with Gasteiger partial charge >= 0.3 is 0 Å². The van der Waals surface area contributed by atoms with Gasteiger partial charge in [-0.05, 0) is 80.5 Å². The van der Waals surface area contributed by atoms with Crippen LogP contribution in [0.15, 0.2) is 0 Å². The second-order valence-corrected chi connectivity index (χ2v) is 11.3. The molecule has 4 rings (SSSR count). The van der Waals surface area contributed by atoms with Crippen molar-refractivity contribution in [1.82, 2.24) is 0 Å². The first-order valence-electron chi connectivity index (χ1n) is 9.83. The van der Waals surface area contributed by atoms with Crippen LogP contribution in [0.25, 0.3) is 0 Å². The van der Waals surface area contributed by atoms with E-state index >= 15 is 0 Å². The molecule has 4 aliphatic rings. The lowest BCUT2D eigenvalue weighted by molar-refractivity contribution is -0.127. The predicted octanol–water partition coefficient (Wildman–Crippen LogP) is 3.32. The van der Waals surface area contributed by atoms with Crippen molar-refractivity contribution >= 4 is 16.6 Å². The molecule has 1 unspecified atom stereocenters. The summed E-state index contributed by atoms with van der Waals surface area (Å²) in [5.74, 6) is 3.11. The molecule has 0 radical (unpaired) electrons. The van der Waals surface area contributed by atoms with Crippen LogP contribution in [0.3, 0.4) is 0 Å². The Bertz CT molecular complexity index is 575. The highest BCUT2D eigenvalue weighted by molar-refractivity contribution is 7.85. The predicted molar refractivity (Wildman–Crippen MR) is 96.0 cm³/mol. The Morgan fingerprint density at radius 3 is 2.42 bits per heavy atom. The lowest BCUT2D eigenvalue weighted by Crippen LogP contribution is -2.59. The van der Waals surface area contributed by atoms with E-state index in [2.05, 4.69) is 13.8 Å². The van der Waals surface area contributed by atoms with Gasteiger partial charge < -0.3 is 5.11 Å². The van der Waals surface area contributed by atoms with Gasteiger partial charge in [0.15, 0.2) is 0 Å². The number of hydrogen-bond acceptors (Lipinski definition) is 3. The average Bonchev–Trinajstić information content (AvgIpc) is 2.87. The van der Waals surface area contributed by atoms with Crippen molar-refractivity contribution in [2.24, 2.45) is 34.5 Å². The first-order valence-corrected chi connectivity index (χ1v) is 11.2. The molecule has 1 N–H and O–H groups in total. The molecule has 24 heavy (non-hydrogen) atoms. The van der Waals surface area contributed by atoms with Crippen LogP contribution in [-0.2, 0) is 15.6 Å². The first kappa shape index (κ1) is 17.2. The maximum absolute atomic E-state index is 13.1. The lowest BCUT2D eigenvalue weighted by Gasteiger charge is -2.60. The van der Waals surface area contributed by atoms with Gasteiger partial charge in [0.2, 0.25) is 0 Å². The number of ketones is 1. The minimum atomic E-state index is -0.830. The maximum Gasteiger partial charge on any atom is 0.133 e. The Hall–Kier alpha value is -0.220. The smallest absolute Gasteiger partial charge is 0.133 e. The minimum absolute atomic E-state index is 0.128. The molecule has 1 saturated heterocycles. The quantitative estimate of drug-likeness (QED) is 0.788. The number of rotatable bonds is 1. The van der Waals surface area contributed by atoms with Crippen LogP contribution in [0.1, 0.15) is 65.7 Å². The van der Waals surface area contributed by atoms with Crippen molar-refractivity contribution in [3.05, 3.63) is 0 Å². The number of carbonyl (C=O) groups is 1. The van der Waals surface area contributed by atoms with Crippen molar-refractivity contribution in [3.63, 3.8) is 0 Å². The lowest BCUT2D eigenvalue weighted by atomic mass is 9.50. The summed E-state index contributed by atoms with van der Waals surface area (Å²) in [5.41, 5.74) is 0.261. The van der Waals surface area contributed by atoms with Crippen molar-refractivity contribution in [2.45, 2.75) is 77.1 Å². The van der Waals surface area contributed by atoms with Gasteiger partial charge in [-0.3, -0.25) is 9.00 Å². The third-order valence-electron chi connectivity index (χ3n) is 8.69. The van der Waals surface area contributed by atoms with Gasteiger partial charge in [-0.15, -0.1) is 0 Å². The second-order valence-electron chi connectivity index (χ2n) is 9.63. The van der Waals surface area contributed by atoms with Crippen LogP contribution in [0.5, 0.6) is 0 Å². The highest BCUT2D eigenvalue weighted by Crippen LogP contribution is 2.65. The number of aliphatic hydroxyl groups excluding tert-OH is 1. The molecule has 4 fully saturated rings. The number of hydrogen-bond donors (Lipinski definition) is 1. The molecule has 1 heterocycles. The Labute approximate surface area is 148 Å². The van der Waals surface area contributed by atoms with Crippen molar-refractivity contribution in [1.29, 1.82) is 0 Å². The van der Waals surface area contributed by atoms with Gasteiger partial charge in [-0.1, -0.05) is 13.8 Å². The monoisotopic (exact) mass is 352 g/mol. The van der Waals surface area contributed by atoms with Gasteiger partial charge in [0.25, 0.3) is 0 Å².